The van der Waals surface area contributed by atoms with E-state index >= 15 is 0 Å². The van der Waals surface area contributed by atoms with Crippen molar-refractivity contribution in [1.82, 2.24) is 5.32 Å². The number of carbonyl (C=O) groups is 1. The van der Waals surface area contributed by atoms with E-state index in [0.717, 1.165) is 6.07 Å². The summed E-state index contributed by atoms with van der Waals surface area (Å²) in [4.78, 5) is 11.6. The molecule has 0 aliphatic rings. The number of alkyl halides is 3. The molecule has 2 N–H and O–H groups in total. The van der Waals surface area contributed by atoms with Gasteiger partial charge in [0.05, 0.1) is 5.69 Å². The van der Waals surface area contributed by atoms with Gasteiger partial charge in [-0.05, 0) is 12.1 Å². The van der Waals surface area contributed by atoms with Crippen molar-refractivity contribution in [2.45, 2.75) is 32.7 Å². The number of para-hydroxylation sites is 2. The number of nitrogens with one attached hydrogen (secondary N) is 2. The maximum absolute atomic E-state index is 12.2. The van der Waals surface area contributed by atoms with E-state index in [9.17, 15) is 18.0 Å². The Morgan fingerprint density at radius 2 is 1.95 bits per heavy atom. The van der Waals surface area contributed by atoms with Crippen LogP contribution in [0.1, 0.15) is 20.3 Å². The first kappa shape index (κ1) is 16.3. The van der Waals surface area contributed by atoms with Crippen LogP contribution in [0.2, 0.25) is 0 Å². The van der Waals surface area contributed by atoms with Gasteiger partial charge >= 0.3 is 6.36 Å². The first-order valence-electron chi connectivity index (χ1n) is 6.16. The standard InChI is InChI=1S/C13H17F3N2O2/c1-9(2)17-8-7-12(19)18-10-5-3-4-6-11(10)20-13(14,15)16/h3-6,9,17H,7-8H2,1-2H3,(H,18,19). The second-order valence-electron chi connectivity index (χ2n) is 4.45. The molecular weight excluding hydrogens is 273 g/mol. The number of carbonyl (C=O) groups excluding carboxylic acids is 1. The third kappa shape index (κ3) is 6.42. The van der Waals surface area contributed by atoms with Crippen molar-refractivity contribution in [2.24, 2.45) is 0 Å². The van der Waals surface area contributed by atoms with Crippen LogP contribution in [0.3, 0.4) is 0 Å². The van der Waals surface area contributed by atoms with Gasteiger partial charge in [0.1, 0.15) is 0 Å². The highest BCUT2D eigenvalue weighted by atomic mass is 19.4. The van der Waals surface area contributed by atoms with Crippen LogP contribution in [0.25, 0.3) is 0 Å². The molecule has 0 fully saturated rings. The molecule has 1 rings (SSSR count). The Hall–Kier alpha value is -1.76. The van der Waals surface area contributed by atoms with E-state index < -0.39 is 12.1 Å². The van der Waals surface area contributed by atoms with Gasteiger partial charge < -0.3 is 15.4 Å². The minimum atomic E-state index is -4.79. The van der Waals surface area contributed by atoms with Gasteiger partial charge in [-0.1, -0.05) is 26.0 Å². The predicted octanol–water partition coefficient (Wildman–Crippen LogP) is 2.91. The molecule has 0 unspecified atom stereocenters. The smallest absolute Gasteiger partial charge is 0.404 e. The lowest BCUT2D eigenvalue weighted by atomic mass is 10.2. The third-order valence-corrected chi connectivity index (χ3v) is 2.29. The molecule has 4 nitrogen and oxygen atoms in total. The molecule has 0 saturated heterocycles. The summed E-state index contributed by atoms with van der Waals surface area (Å²) in [7, 11) is 0. The number of hydrogen-bond acceptors (Lipinski definition) is 3. The molecule has 20 heavy (non-hydrogen) atoms. The molecule has 0 aliphatic carbocycles. The van der Waals surface area contributed by atoms with Gasteiger partial charge in [-0.3, -0.25) is 4.79 Å². The molecule has 0 spiro atoms. The summed E-state index contributed by atoms with van der Waals surface area (Å²) in [6.45, 7) is 4.32. The number of ether oxygens (including phenoxy) is 1. The van der Waals surface area contributed by atoms with Crippen molar-refractivity contribution in [3.05, 3.63) is 24.3 Å². The zero-order valence-corrected chi connectivity index (χ0v) is 11.3. The van der Waals surface area contributed by atoms with Gasteiger partial charge in [0.2, 0.25) is 5.91 Å². The number of rotatable bonds is 6. The van der Waals surface area contributed by atoms with Gasteiger partial charge in [-0.2, -0.15) is 0 Å². The van der Waals surface area contributed by atoms with E-state index in [4.69, 9.17) is 0 Å². The first-order valence-corrected chi connectivity index (χ1v) is 6.16. The molecule has 0 bridgehead atoms. The molecule has 1 aromatic rings. The minimum absolute atomic E-state index is 0.000582. The first-order chi connectivity index (χ1) is 9.28. The Morgan fingerprint density at radius 3 is 2.55 bits per heavy atom. The Kier molecular flexibility index (Phi) is 5.82. The van der Waals surface area contributed by atoms with Crippen molar-refractivity contribution in [3.8, 4) is 5.75 Å². The molecule has 0 radical (unpaired) electrons. The lowest BCUT2D eigenvalue weighted by molar-refractivity contribution is -0.274. The quantitative estimate of drug-likeness (QED) is 0.847. The van der Waals surface area contributed by atoms with E-state index in [0.29, 0.717) is 6.54 Å². The molecule has 0 aromatic heterocycles. The Balaban J connectivity index is 2.61. The van der Waals surface area contributed by atoms with Crippen LogP contribution in [0, 0.1) is 0 Å². The molecule has 1 aromatic carbocycles. The number of anilines is 1. The van der Waals surface area contributed by atoms with Crippen LogP contribution >= 0.6 is 0 Å². The molecule has 0 aliphatic heterocycles. The maximum Gasteiger partial charge on any atom is 0.573 e. The van der Waals surface area contributed by atoms with E-state index in [2.05, 4.69) is 15.4 Å². The van der Waals surface area contributed by atoms with Crippen molar-refractivity contribution in [3.63, 3.8) is 0 Å². The van der Waals surface area contributed by atoms with Crippen molar-refractivity contribution in [2.75, 3.05) is 11.9 Å². The average molecular weight is 290 g/mol. The van der Waals surface area contributed by atoms with E-state index in [1.807, 2.05) is 13.8 Å². The molecule has 0 heterocycles. The van der Waals surface area contributed by atoms with E-state index in [1.165, 1.54) is 18.2 Å². The zero-order valence-electron chi connectivity index (χ0n) is 11.3. The highest BCUT2D eigenvalue weighted by molar-refractivity contribution is 5.92. The number of hydrogen-bond donors (Lipinski definition) is 2. The van der Waals surface area contributed by atoms with Crippen LogP contribution in [0.4, 0.5) is 18.9 Å². The maximum atomic E-state index is 12.2. The average Bonchev–Trinajstić information content (AvgIpc) is 2.29. The SMILES string of the molecule is CC(C)NCCC(=O)Nc1ccccc1OC(F)(F)F. The number of amides is 1. The topological polar surface area (TPSA) is 50.4 Å². The third-order valence-electron chi connectivity index (χ3n) is 2.29. The molecule has 0 saturated carbocycles. The Morgan fingerprint density at radius 1 is 1.30 bits per heavy atom. The second kappa shape index (κ2) is 7.14. The van der Waals surface area contributed by atoms with E-state index in [1.54, 1.807) is 0 Å². The van der Waals surface area contributed by atoms with Crippen molar-refractivity contribution in [1.29, 1.82) is 0 Å². The van der Waals surface area contributed by atoms with Crippen molar-refractivity contribution >= 4 is 11.6 Å². The Labute approximate surface area is 115 Å². The van der Waals surface area contributed by atoms with Crippen LogP contribution in [-0.4, -0.2) is 24.9 Å². The number of halogens is 3. The highest BCUT2D eigenvalue weighted by Crippen LogP contribution is 2.29. The Bertz CT molecular complexity index is 447. The predicted molar refractivity (Wildman–Crippen MR) is 69.5 cm³/mol. The van der Waals surface area contributed by atoms with Gasteiger partial charge in [-0.25, -0.2) is 0 Å². The summed E-state index contributed by atoms with van der Waals surface area (Å²) in [5.74, 6) is -0.804. The van der Waals surface area contributed by atoms with Gasteiger partial charge in [-0.15, -0.1) is 13.2 Å². The van der Waals surface area contributed by atoms with Gasteiger partial charge in [0.25, 0.3) is 0 Å². The van der Waals surface area contributed by atoms with Crippen molar-refractivity contribution < 1.29 is 22.7 Å². The lowest BCUT2D eigenvalue weighted by Crippen LogP contribution is -2.27. The number of benzene rings is 1. The van der Waals surface area contributed by atoms with Gasteiger partial charge in [0, 0.05) is 19.0 Å². The van der Waals surface area contributed by atoms with Crippen LogP contribution in [0.5, 0.6) is 5.75 Å². The molecule has 7 heteroatoms. The minimum Gasteiger partial charge on any atom is -0.404 e. The fourth-order valence-electron chi connectivity index (χ4n) is 1.47. The summed E-state index contributed by atoms with van der Waals surface area (Å²) in [5.41, 5.74) is -0.000582. The summed E-state index contributed by atoms with van der Waals surface area (Å²) >= 11 is 0. The molecule has 112 valence electrons. The molecule has 1 amide bonds. The molecule has 0 atom stereocenters. The van der Waals surface area contributed by atoms with Crippen LogP contribution in [-0.2, 0) is 4.79 Å². The highest BCUT2D eigenvalue weighted by Gasteiger charge is 2.32. The summed E-state index contributed by atoms with van der Waals surface area (Å²) in [5, 5.41) is 5.45. The zero-order chi connectivity index (χ0) is 15.2. The second-order valence-corrected chi connectivity index (χ2v) is 4.45. The fourth-order valence-corrected chi connectivity index (χ4v) is 1.47. The fraction of sp³-hybridized carbons (Fsp3) is 0.462. The monoisotopic (exact) mass is 290 g/mol. The lowest BCUT2D eigenvalue weighted by Gasteiger charge is -2.14. The summed E-state index contributed by atoms with van der Waals surface area (Å²) in [6.07, 6.45) is -4.63. The summed E-state index contributed by atoms with van der Waals surface area (Å²) in [6, 6.07) is 5.66. The van der Waals surface area contributed by atoms with E-state index in [-0.39, 0.29) is 24.1 Å². The van der Waals surface area contributed by atoms with Gasteiger partial charge in [0.15, 0.2) is 5.75 Å². The largest absolute Gasteiger partial charge is 0.573 e. The summed E-state index contributed by atoms with van der Waals surface area (Å²) < 4.78 is 40.5. The van der Waals surface area contributed by atoms with Crippen LogP contribution in [0.15, 0.2) is 24.3 Å². The van der Waals surface area contributed by atoms with Crippen LogP contribution < -0.4 is 15.4 Å². The molecular formula is C13H17F3N2O2. The normalized spacial score (nSPS) is 11.5.